The van der Waals surface area contributed by atoms with Crippen LogP contribution in [0.5, 0.6) is 5.75 Å². The monoisotopic (exact) mass is 342 g/mol. The molecule has 0 bridgehead atoms. The predicted molar refractivity (Wildman–Crippen MR) is 97.4 cm³/mol. The molecule has 1 aromatic carbocycles. The van der Waals surface area contributed by atoms with E-state index in [1.54, 1.807) is 10.7 Å². The molecule has 1 unspecified atom stereocenters. The van der Waals surface area contributed by atoms with Gasteiger partial charge >= 0.3 is 0 Å². The lowest BCUT2D eigenvalue weighted by Gasteiger charge is -2.32. The largest absolute Gasteiger partial charge is 0.493 e. The van der Waals surface area contributed by atoms with E-state index in [0.717, 1.165) is 37.4 Å². The number of hydrogen-bond donors (Lipinski definition) is 1. The molecule has 2 N–H and O–H groups in total. The molecule has 0 spiro atoms. The average Bonchev–Trinajstić information content (AvgIpc) is 2.90. The minimum absolute atomic E-state index is 0.0649. The summed E-state index contributed by atoms with van der Waals surface area (Å²) in [6.07, 6.45) is 2.08. The highest BCUT2D eigenvalue weighted by molar-refractivity contribution is 5.76. The van der Waals surface area contributed by atoms with Gasteiger partial charge in [0.05, 0.1) is 12.3 Å². The van der Waals surface area contributed by atoms with Crippen molar-refractivity contribution in [1.82, 2.24) is 14.7 Å². The zero-order valence-electron chi connectivity index (χ0n) is 14.9. The van der Waals surface area contributed by atoms with E-state index < -0.39 is 0 Å². The van der Waals surface area contributed by atoms with Crippen LogP contribution >= 0.6 is 0 Å². The molecule has 1 amide bonds. The predicted octanol–water partition coefficient (Wildman–Crippen LogP) is 2.40. The Labute approximate surface area is 148 Å². The number of piperidine rings is 1. The molecule has 134 valence electrons. The van der Waals surface area contributed by atoms with Crippen LogP contribution < -0.4 is 10.5 Å². The number of anilines is 1. The van der Waals surface area contributed by atoms with E-state index in [4.69, 9.17) is 10.5 Å². The first-order chi connectivity index (χ1) is 12.0. The van der Waals surface area contributed by atoms with Gasteiger partial charge in [-0.1, -0.05) is 12.1 Å². The van der Waals surface area contributed by atoms with Crippen LogP contribution in [0.15, 0.2) is 30.3 Å². The molecule has 2 heterocycles. The van der Waals surface area contributed by atoms with E-state index in [-0.39, 0.29) is 12.5 Å². The molecule has 6 nitrogen and oxygen atoms in total. The highest BCUT2D eigenvalue weighted by Crippen LogP contribution is 2.20. The summed E-state index contributed by atoms with van der Waals surface area (Å²) in [5, 5.41) is 4.27. The summed E-state index contributed by atoms with van der Waals surface area (Å²) in [6.45, 7) is 6.28. The number of rotatable bonds is 5. The molecular weight excluding hydrogens is 316 g/mol. The number of amides is 1. The Morgan fingerprint density at radius 1 is 1.36 bits per heavy atom. The number of nitrogens with two attached hydrogens (primary N) is 1. The van der Waals surface area contributed by atoms with Gasteiger partial charge in [0.25, 0.3) is 0 Å². The maximum Gasteiger partial charge on any atom is 0.244 e. The molecule has 0 saturated carbocycles. The van der Waals surface area contributed by atoms with Crippen molar-refractivity contribution in [2.75, 3.05) is 25.4 Å². The first-order valence-electron chi connectivity index (χ1n) is 8.78. The van der Waals surface area contributed by atoms with Gasteiger partial charge in [-0.2, -0.15) is 5.10 Å². The number of likely N-dealkylation sites (tertiary alicyclic amines) is 1. The normalized spacial score (nSPS) is 17.5. The van der Waals surface area contributed by atoms with E-state index >= 15 is 0 Å². The molecule has 1 aliphatic rings. The molecule has 6 heteroatoms. The molecule has 2 aromatic rings. The van der Waals surface area contributed by atoms with E-state index in [2.05, 4.69) is 18.1 Å². The highest BCUT2D eigenvalue weighted by atomic mass is 16.5. The third-order valence-electron chi connectivity index (χ3n) is 4.57. The molecular formula is C19H26N4O2. The highest BCUT2D eigenvalue weighted by Gasteiger charge is 2.24. The number of aromatic nitrogens is 2. The van der Waals surface area contributed by atoms with Crippen molar-refractivity contribution in [2.24, 2.45) is 5.92 Å². The lowest BCUT2D eigenvalue weighted by atomic mass is 9.99. The van der Waals surface area contributed by atoms with Crippen molar-refractivity contribution in [1.29, 1.82) is 0 Å². The van der Waals surface area contributed by atoms with Crippen LogP contribution in [-0.2, 0) is 11.3 Å². The Morgan fingerprint density at radius 2 is 2.20 bits per heavy atom. The second-order valence-electron chi connectivity index (χ2n) is 6.84. The van der Waals surface area contributed by atoms with Gasteiger partial charge < -0.3 is 15.4 Å². The van der Waals surface area contributed by atoms with Gasteiger partial charge in [0.15, 0.2) is 0 Å². The van der Waals surface area contributed by atoms with E-state index in [1.165, 1.54) is 5.56 Å². The number of carbonyl (C=O) groups is 1. The average molecular weight is 342 g/mol. The number of aryl methyl sites for hydroxylation is 2. The topological polar surface area (TPSA) is 73.4 Å². The lowest BCUT2D eigenvalue weighted by molar-refractivity contribution is -0.134. The Kier molecular flexibility index (Phi) is 5.26. The first kappa shape index (κ1) is 17.3. The van der Waals surface area contributed by atoms with Crippen LogP contribution in [0, 0.1) is 19.8 Å². The van der Waals surface area contributed by atoms with Gasteiger partial charge in [0.1, 0.15) is 18.1 Å². The zero-order chi connectivity index (χ0) is 17.8. The number of ether oxygens (including phenoxy) is 1. The number of hydrogen-bond acceptors (Lipinski definition) is 4. The summed E-state index contributed by atoms with van der Waals surface area (Å²) < 4.78 is 7.49. The Balaban J connectivity index is 1.53. The SMILES string of the molecule is Cc1cccc(OCC2CCCN(C(=O)Cn3nc(C)cc3N)C2)c1. The first-order valence-corrected chi connectivity index (χ1v) is 8.78. The smallest absolute Gasteiger partial charge is 0.244 e. The summed E-state index contributed by atoms with van der Waals surface area (Å²) in [6, 6.07) is 9.84. The van der Waals surface area contributed by atoms with Crippen molar-refractivity contribution < 1.29 is 9.53 Å². The summed E-state index contributed by atoms with van der Waals surface area (Å²) in [5.41, 5.74) is 7.89. The minimum Gasteiger partial charge on any atom is -0.493 e. The summed E-state index contributed by atoms with van der Waals surface area (Å²) in [5.74, 6) is 1.84. The van der Waals surface area contributed by atoms with Crippen molar-refractivity contribution >= 4 is 11.7 Å². The van der Waals surface area contributed by atoms with Crippen molar-refractivity contribution in [3.8, 4) is 5.75 Å². The standard InChI is InChI=1S/C19H26N4O2/c1-14-5-3-7-17(9-14)25-13-16-6-4-8-22(11-16)19(24)12-23-18(20)10-15(2)21-23/h3,5,7,9-10,16H,4,6,8,11-13,20H2,1-2H3. The van der Waals surface area contributed by atoms with Crippen LogP contribution in [0.1, 0.15) is 24.1 Å². The Hall–Kier alpha value is -2.50. The zero-order valence-corrected chi connectivity index (χ0v) is 14.9. The van der Waals surface area contributed by atoms with Gasteiger partial charge in [-0.05, 0) is 44.4 Å². The lowest BCUT2D eigenvalue weighted by Crippen LogP contribution is -2.43. The van der Waals surface area contributed by atoms with Crippen LogP contribution in [0.25, 0.3) is 0 Å². The van der Waals surface area contributed by atoms with Gasteiger partial charge in [0, 0.05) is 25.1 Å². The summed E-state index contributed by atoms with van der Waals surface area (Å²) in [7, 11) is 0. The van der Waals surface area contributed by atoms with Crippen LogP contribution in [0.3, 0.4) is 0 Å². The number of nitrogens with zero attached hydrogens (tertiary/aromatic N) is 3. The second kappa shape index (κ2) is 7.59. The molecule has 1 saturated heterocycles. The molecule has 1 aliphatic heterocycles. The van der Waals surface area contributed by atoms with Crippen LogP contribution in [0.4, 0.5) is 5.82 Å². The summed E-state index contributed by atoms with van der Waals surface area (Å²) in [4.78, 5) is 14.5. The van der Waals surface area contributed by atoms with Gasteiger partial charge in [-0.25, -0.2) is 4.68 Å². The third-order valence-corrected chi connectivity index (χ3v) is 4.57. The molecule has 3 rings (SSSR count). The Bertz CT molecular complexity index is 741. The van der Waals surface area contributed by atoms with E-state index in [9.17, 15) is 4.79 Å². The van der Waals surface area contributed by atoms with Crippen molar-refractivity contribution in [2.45, 2.75) is 33.2 Å². The minimum atomic E-state index is 0.0649. The number of nitrogen functional groups attached to an aromatic ring is 1. The Morgan fingerprint density at radius 3 is 2.92 bits per heavy atom. The molecule has 1 aromatic heterocycles. The second-order valence-corrected chi connectivity index (χ2v) is 6.84. The fraction of sp³-hybridized carbons (Fsp3) is 0.474. The fourth-order valence-electron chi connectivity index (χ4n) is 3.27. The van der Waals surface area contributed by atoms with Gasteiger partial charge in [-0.3, -0.25) is 4.79 Å². The van der Waals surface area contributed by atoms with E-state index in [1.807, 2.05) is 30.0 Å². The molecule has 0 radical (unpaired) electrons. The van der Waals surface area contributed by atoms with Crippen LogP contribution in [0.2, 0.25) is 0 Å². The van der Waals surface area contributed by atoms with Gasteiger partial charge in [0.2, 0.25) is 5.91 Å². The molecule has 1 fully saturated rings. The maximum atomic E-state index is 12.6. The maximum absolute atomic E-state index is 12.6. The fourth-order valence-corrected chi connectivity index (χ4v) is 3.27. The van der Waals surface area contributed by atoms with E-state index in [0.29, 0.717) is 18.3 Å². The number of carbonyl (C=O) groups excluding carboxylic acids is 1. The van der Waals surface area contributed by atoms with Crippen molar-refractivity contribution in [3.63, 3.8) is 0 Å². The van der Waals surface area contributed by atoms with Crippen molar-refractivity contribution in [3.05, 3.63) is 41.6 Å². The van der Waals surface area contributed by atoms with Crippen LogP contribution in [-0.4, -0.2) is 40.3 Å². The molecule has 1 atom stereocenters. The number of benzene rings is 1. The quantitative estimate of drug-likeness (QED) is 0.905. The summed E-state index contributed by atoms with van der Waals surface area (Å²) >= 11 is 0. The molecule has 0 aliphatic carbocycles. The third kappa shape index (κ3) is 4.53. The molecule has 25 heavy (non-hydrogen) atoms. The van der Waals surface area contributed by atoms with Gasteiger partial charge in [-0.15, -0.1) is 0 Å².